The molecule has 1 atom stereocenters. The fourth-order valence-corrected chi connectivity index (χ4v) is 6.28. The molecular formula is C29H26N6O6S. The van der Waals surface area contributed by atoms with Crippen molar-refractivity contribution in [3.63, 3.8) is 0 Å². The van der Waals surface area contributed by atoms with Gasteiger partial charge in [0.25, 0.3) is 5.91 Å². The highest BCUT2D eigenvalue weighted by Crippen LogP contribution is 2.47. The Kier molecular flexibility index (Phi) is 6.76. The van der Waals surface area contributed by atoms with Crippen molar-refractivity contribution in [2.45, 2.75) is 34.6 Å². The highest BCUT2D eigenvalue weighted by molar-refractivity contribution is 7.99. The van der Waals surface area contributed by atoms with E-state index in [0.29, 0.717) is 35.9 Å². The van der Waals surface area contributed by atoms with Crippen molar-refractivity contribution in [1.82, 2.24) is 29.9 Å². The van der Waals surface area contributed by atoms with E-state index in [-0.39, 0.29) is 32.0 Å². The number of ether oxygens (including phenoxy) is 3. The van der Waals surface area contributed by atoms with Crippen LogP contribution in [0.1, 0.15) is 22.5 Å². The molecule has 3 aliphatic rings. The summed E-state index contributed by atoms with van der Waals surface area (Å²) in [5.74, 6) is -0.941. The molecule has 4 aromatic rings. The average molecular weight is 587 g/mol. The van der Waals surface area contributed by atoms with E-state index < -0.39 is 23.6 Å². The molecule has 3 aliphatic heterocycles. The number of carbonyl (C=O) groups is 3. The van der Waals surface area contributed by atoms with Crippen LogP contribution in [0.15, 0.2) is 77.0 Å². The number of rotatable bonds is 6. The lowest BCUT2D eigenvalue weighted by Gasteiger charge is -2.24. The Morgan fingerprint density at radius 1 is 1.02 bits per heavy atom. The summed E-state index contributed by atoms with van der Waals surface area (Å²) in [6.45, 7) is 0.724. The van der Waals surface area contributed by atoms with E-state index in [1.807, 2.05) is 30.3 Å². The molecular weight excluding hydrogens is 560 g/mol. The first-order valence-electron chi connectivity index (χ1n) is 13.5. The molecule has 12 nitrogen and oxygen atoms in total. The van der Waals surface area contributed by atoms with Gasteiger partial charge >= 0.3 is 0 Å². The molecule has 7 rings (SSSR count). The molecule has 0 bridgehead atoms. The van der Waals surface area contributed by atoms with Crippen molar-refractivity contribution in [2.75, 3.05) is 26.3 Å². The van der Waals surface area contributed by atoms with E-state index >= 15 is 0 Å². The summed E-state index contributed by atoms with van der Waals surface area (Å²) in [5.41, 5.74) is 1.72. The van der Waals surface area contributed by atoms with E-state index in [0.717, 1.165) is 15.5 Å². The molecule has 2 aromatic carbocycles. The molecule has 214 valence electrons. The first-order valence-corrected chi connectivity index (χ1v) is 14.3. The second-order valence-corrected chi connectivity index (χ2v) is 11.2. The zero-order chi connectivity index (χ0) is 28.7. The van der Waals surface area contributed by atoms with Crippen LogP contribution in [-0.2, 0) is 25.6 Å². The maximum atomic E-state index is 13.4. The van der Waals surface area contributed by atoms with Gasteiger partial charge < -0.3 is 29.7 Å². The number of nitrogens with one attached hydrogen (secondary N) is 2. The molecule has 1 spiro atoms. The molecule has 0 aliphatic carbocycles. The summed E-state index contributed by atoms with van der Waals surface area (Å²) in [7, 11) is 0. The van der Waals surface area contributed by atoms with Gasteiger partial charge in [0.05, 0.1) is 48.3 Å². The molecule has 13 heteroatoms. The number of para-hydroxylation sites is 1. The molecule has 3 amide bonds. The van der Waals surface area contributed by atoms with Gasteiger partial charge in [0.2, 0.25) is 11.8 Å². The van der Waals surface area contributed by atoms with Crippen LogP contribution in [0, 0.1) is 0 Å². The predicted molar refractivity (Wildman–Crippen MR) is 149 cm³/mol. The van der Waals surface area contributed by atoms with Crippen LogP contribution < -0.4 is 15.4 Å². The Balaban J connectivity index is 1.01. The van der Waals surface area contributed by atoms with Crippen molar-refractivity contribution in [3.05, 3.63) is 78.5 Å². The number of amides is 3. The minimum absolute atomic E-state index is 0.0865. The maximum Gasteiger partial charge on any atom is 0.251 e. The van der Waals surface area contributed by atoms with Crippen molar-refractivity contribution in [3.8, 4) is 11.5 Å². The highest BCUT2D eigenvalue weighted by atomic mass is 32.2. The molecule has 42 heavy (non-hydrogen) atoms. The maximum absolute atomic E-state index is 13.4. The van der Waals surface area contributed by atoms with E-state index in [4.69, 9.17) is 14.2 Å². The standard InChI is InChI=1S/C29H26N6O6S/c36-26(14-32-27(37)18-5-6-24-22(11-18)41-21-3-1-2-4-23(21)42-24)35-16-29(39-9-10-40-29)12-20(35)28(38)31-13-19-15-34-17-30-8-7-25(34)33-19/h1-8,11,15,17,20H,9-10,12-14,16H2,(H,31,38)(H,32,37). The number of hydrogen-bond acceptors (Lipinski definition) is 9. The molecule has 1 unspecified atom stereocenters. The third-order valence-electron chi connectivity index (χ3n) is 7.38. The lowest BCUT2D eigenvalue weighted by Crippen LogP contribution is -2.49. The van der Waals surface area contributed by atoms with Crippen LogP contribution in [0.3, 0.4) is 0 Å². The number of carbonyl (C=O) groups excluding carboxylic acids is 3. The van der Waals surface area contributed by atoms with Gasteiger partial charge in [-0.1, -0.05) is 23.9 Å². The van der Waals surface area contributed by atoms with E-state index in [2.05, 4.69) is 20.6 Å². The van der Waals surface area contributed by atoms with Gasteiger partial charge in [-0.25, -0.2) is 9.97 Å². The molecule has 5 heterocycles. The number of imidazole rings is 1. The number of hydrogen-bond donors (Lipinski definition) is 2. The zero-order valence-electron chi connectivity index (χ0n) is 22.3. The summed E-state index contributed by atoms with van der Waals surface area (Å²) in [4.78, 5) is 51.5. The van der Waals surface area contributed by atoms with Gasteiger partial charge in [-0.2, -0.15) is 0 Å². The monoisotopic (exact) mass is 586 g/mol. The first kappa shape index (κ1) is 26.4. The summed E-state index contributed by atoms with van der Waals surface area (Å²) in [6, 6.07) is 13.8. The Hall–Kier alpha value is -4.46. The van der Waals surface area contributed by atoms with Gasteiger partial charge in [0, 0.05) is 24.4 Å². The Bertz CT molecular complexity index is 1670. The molecule has 2 N–H and O–H groups in total. The third kappa shape index (κ3) is 5.06. The van der Waals surface area contributed by atoms with E-state index in [9.17, 15) is 14.4 Å². The number of likely N-dealkylation sites (tertiary alicyclic amines) is 1. The molecule has 2 fully saturated rings. The fourth-order valence-electron chi connectivity index (χ4n) is 5.35. The molecule has 2 aromatic heterocycles. The SMILES string of the molecule is O=C(NCC(=O)N1CC2(CC1C(=O)NCc1cn3cnccc3n1)OCCO2)c1ccc2c(c1)Oc1ccccc1S2. The van der Waals surface area contributed by atoms with Crippen LogP contribution in [0.2, 0.25) is 0 Å². The number of nitrogens with zero attached hydrogens (tertiary/aromatic N) is 4. The highest BCUT2D eigenvalue weighted by Gasteiger charge is 2.52. The third-order valence-corrected chi connectivity index (χ3v) is 8.49. The lowest BCUT2D eigenvalue weighted by atomic mass is 10.1. The summed E-state index contributed by atoms with van der Waals surface area (Å²) in [6.07, 6.45) is 5.25. The first-order chi connectivity index (χ1) is 20.5. The summed E-state index contributed by atoms with van der Waals surface area (Å²) < 4.78 is 19.4. The smallest absolute Gasteiger partial charge is 0.251 e. The predicted octanol–water partition coefficient (Wildman–Crippen LogP) is 2.38. The number of benzene rings is 2. The van der Waals surface area contributed by atoms with Crippen LogP contribution in [0.4, 0.5) is 0 Å². The largest absolute Gasteiger partial charge is 0.455 e. The molecule has 0 saturated carbocycles. The van der Waals surface area contributed by atoms with Crippen LogP contribution >= 0.6 is 11.8 Å². The minimum Gasteiger partial charge on any atom is -0.455 e. The van der Waals surface area contributed by atoms with Crippen LogP contribution in [0.5, 0.6) is 11.5 Å². The van der Waals surface area contributed by atoms with E-state index in [1.54, 1.807) is 53.1 Å². The summed E-state index contributed by atoms with van der Waals surface area (Å²) in [5, 5.41) is 5.56. The van der Waals surface area contributed by atoms with Crippen molar-refractivity contribution in [2.24, 2.45) is 0 Å². The second kappa shape index (κ2) is 10.7. The molecule has 2 saturated heterocycles. The molecule has 0 radical (unpaired) electrons. The Labute approximate surface area is 244 Å². The van der Waals surface area contributed by atoms with Gasteiger partial charge in [-0.05, 0) is 36.4 Å². The minimum atomic E-state index is -1.04. The second-order valence-electron chi connectivity index (χ2n) is 10.1. The van der Waals surface area contributed by atoms with Crippen LogP contribution in [0.25, 0.3) is 5.65 Å². The summed E-state index contributed by atoms with van der Waals surface area (Å²) >= 11 is 1.57. The van der Waals surface area contributed by atoms with Gasteiger partial charge in [-0.3, -0.25) is 18.8 Å². The number of aromatic nitrogens is 3. The van der Waals surface area contributed by atoms with Gasteiger partial charge in [0.15, 0.2) is 5.79 Å². The van der Waals surface area contributed by atoms with Gasteiger partial charge in [0.1, 0.15) is 29.5 Å². The van der Waals surface area contributed by atoms with Gasteiger partial charge in [-0.15, -0.1) is 0 Å². The van der Waals surface area contributed by atoms with Crippen molar-refractivity contribution in [1.29, 1.82) is 0 Å². The van der Waals surface area contributed by atoms with Crippen molar-refractivity contribution < 1.29 is 28.6 Å². The quantitative estimate of drug-likeness (QED) is 0.307. The number of fused-ring (bicyclic) bond motifs is 3. The van der Waals surface area contributed by atoms with Crippen LogP contribution in [-0.4, -0.2) is 75.1 Å². The Morgan fingerprint density at radius 3 is 2.71 bits per heavy atom. The Morgan fingerprint density at radius 2 is 1.86 bits per heavy atom. The fraction of sp³-hybridized carbons (Fsp3) is 0.276. The topological polar surface area (TPSA) is 136 Å². The van der Waals surface area contributed by atoms with Crippen molar-refractivity contribution >= 4 is 35.1 Å². The normalized spacial score (nSPS) is 18.4. The zero-order valence-corrected chi connectivity index (χ0v) is 23.1. The van der Waals surface area contributed by atoms with E-state index in [1.165, 1.54) is 4.90 Å². The lowest BCUT2D eigenvalue weighted by molar-refractivity contribution is -0.152. The average Bonchev–Trinajstić information content (AvgIpc) is 3.75.